The summed E-state index contributed by atoms with van der Waals surface area (Å²) < 4.78 is 13.8. The molecule has 0 aromatic heterocycles. The Morgan fingerprint density at radius 2 is 1.95 bits per heavy atom. The Morgan fingerprint density at radius 3 is 2.52 bits per heavy atom. The van der Waals surface area contributed by atoms with Gasteiger partial charge in [0.25, 0.3) is 0 Å². The molecule has 5 heteroatoms. The van der Waals surface area contributed by atoms with Crippen molar-refractivity contribution in [1.82, 2.24) is 10.2 Å². The van der Waals surface area contributed by atoms with Gasteiger partial charge in [-0.25, -0.2) is 4.39 Å². The fourth-order valence-electron chi connectivity index (χ4n) is 2.54. The van der Waals surface area contributed by atoms with Crippen LogP contribution in [-0.2, 0) is 0 Å². The van der Waals surface area contributed by atoms with Crippen molar-refractivity contribution in [2.75, 3.05) is 44.7 Å². The van der Waals surface area contributed by atoms with E-state index in [4.69, 9.17) is 5.26 Å². The van der Waals surface area contributed by atoms with Gasteiger partial charge in [0, 0.05) is 32.7 Å². The van der Waals surface area contributed by atoms with Gasteiger partial charge in [0.1, 0.15) is 11.4 Å². The highest BCUT2D eigenvalue weighted by atomic mass is 19.1. The summed E-state index contributed by atoms with van der Waals surface area (Å²) in [6.45, 7) is 6.26. The van der Waals surface area contributed by atoms with Crippen molar-refractivity contribution < 1.29 is 4.39 Å². The number of hydrogen-bond acceptors (Lipinski definition) is 4. The molecule has 0 spiro atoms. The summed E-state index contributed by atoms with van der Waals surface area (Å²) in [6, 6.07) is 9.24. The number of nitriles is 1. The van der Waals surface area contributed by atoms with Crippen molar-refractivity contribution >= 4 is 5.69 Å². The largest absolute Gasteiger partial charge is 0.367 e. The zero-order valence-corrected chi connectivity index (χ0v) is 12.8. The summed E-state index contributed by atoms with van der Waals surface area (Å²) in [5, 5.41) is 12.2. The first-order chi connectivity index (χ1) is 10.1. The number of rotatable bonds is 5. The Labute approximate surface area is 126 Å². The van der Waals surface area contributed by atoms with Gasteiger partial charge < -0.3 is 10.2 Å². The molecule has 1 saturated heterocycles. The molecule has 1 aromatic rings. The number of hydrogen-bond donors (Lipinski definition) is 1. The first-order valence-corrected chi connectivity index (χ1v) is 7.40. The Kier molecular flexibility index (Phi) is 5.16. The topological polar surface area (TPSA) is 42.3 Å². The molecule has 21 heavy (non-hydrogen) atoms. The number of para-hydroxylation sites is 1. The molecule has 2 rings (SSSR count). The number of nitrogens with zero attached hydrogens (tertiary/aromatic N) is 3. The third-order valence-corrected chi connectivity index (χ3v) is 4.29. The van der Waals surface area contributed by atoms with E-state index in [1.807, 2.05) is 26.1 Å². The van der Waals surface area contributed by atoms with Crippen LogP contribution in [0.25, 0.3) is 0 Å². The second kappa shape index (κ2) is 6.88. The van der Waals surface area contributed by atoms with Crippen LogP contribution >= 0.6 is 0 Å². The van der Waals surface area contributed by atoms with Gasteiger partial charge in [0.05, 0.1) is 11.8 Å². The van der Waals surface area contributed by atoms with E-state index in [0.717, 1.165) is 39.1 Å². The maximum absolute atomic E-state index is 13.8. The number of anilines is 1. The number of benzene rings is 1. The van der Waals surface area contributed by atoms with Gasteiger partial charge in [0.2, 0.25) is 0 Å². The van der Waals surface area contributed by atoms with E-state index in [-0.39, 0.29) is 5.82 Å². The van der Waals surface area contributed by atoms with E-state index in [9.17, 15) is 4.39 Å². The van der Waals surface area contributed by atoms with Crippen LogP contribution in [0.15, 0.2) is 24.3 Å². The molecule has 0 radical (unpaired) electrons. The lowest BCUT2D eigenvalue weighted by molar-refractivity contribution is 0.235. The minimum Gasteiger partial charge on any atom is -0.367 e. The van der Waals surface area contributed by atoms with Gasteiger partial charge in [-0.05, 0) is 32.5 Å². The lowest BCUT2D eigenvalue weighted by Gasteiger charge is -2.37. The summed E-state index contributed by atoms with van der Waals surface area (Å²) in [4.78, 5) is 4.43. The predicted molar refractivity (Wildman–Crippen MR) is 82.7 cm³/mol. The summed E-state index contributed by atoms with van der Waals surface area (Å²) in [6.07, 6.45) is 0.791. The van der Waals surface area contributed by atoms with Gasteiger partial charge in [-0.3, -0.25) is 4.90 Å². The SMILES string of the molecule is CNC(C)(C#N)CCN1CCN(c2ccccc2F)CC1. The van der Waals surface area contributed by atoms with Crippen molar-refractivity contribution in [3.63, 3.8) is 0 Å². The molecule has 1 fully saturated rings. The first-order valence-electron chi connectivity index (χ1n) is 7.40. The zero-order chi connectivity index (χ0) is 15.3. The minimum atomic E-state index is -0.470. The molecule has 1 N–H and O–H groups in total. The number of piperazine rings is 1. The van der Waals surface area contributed by atoms with E-state index in [1.165, 1.54) is 6.07 Å². The Balaban J connectivity index is 1.84. The van der Waals surface area contributed by atoms with E-state index < -0.39 is 5.54 Å². The maximum Gasteiger partial charge on any atom is 0.146 e. The fraction of sp³-hybridized carbons (Fsp3) is 0.562. The molecular formula is C16H23FN4. The maximum atomic E-state index is 13.8. The molecule has 4 nitrogen and oxygen atoms in total. The summed E-state index contributed by atoms with van der Waals surface area (Å²) in [5.74, 6) is -0.154. The van der Waals surface area contributed by atoms with Crippen molar-refractivity contribution in [2.24, 2.45) is 0 Å². The Bertz CT molecular complexity index is 505. The van der Waals surface area contributed by atoms with E-state index >= 15 is 0 Å². The smallest absolute Gasteiger partial charge is 0.146 e. The van der Waals surface area contributed by atoms with Crippen LogP contribution in [0.5, 0.6) is 0 Å². The Hall–Kier alpha value is -1.64. The minimum absolute atomic E-state index is 0.154. The molecule has 1 unspecified atom stereocenters. The normalized spacial score (nSPS) is 19.0. The van der Waals surface area contributed by atoms with Crippen molar-refractivity contribution in [3.8, 4) is 6.07 Å². The van der Waals surface area contributed by atoms with Gasteiger partial charge in [0.15, 0.2) is 0 Å². The molecule has 0 amide bonds. The van der Waals surface area contributed by atoms with Crippen LogP contribution in [0.3, 0.4) is 0 Å². The predicted octanol–water partition coefficient (Wildman–Crippen LogP) is 1.84. The molecule has 0 saturated carbocycles. The van der Waals surface area contributed by atoms with Crippen molar-refractivity contribution in [1.29, 1.82) is 5.26 Å². The average molecular weight is 290 g/mol. The standard InChI is InChI=1S/C16H23FN4/c1-16(13-18,19-2)7-8-20-9-11-21(12-10-20)15-6-4-3-5-14(15)17/h3-6,19H,7-12H2,1-2H3. The van der Waals surface area contributed by atoms with Gasteiger partial charge in [-0.1, -0.05) is 12.1 Å². The first kappa shape index (κ1) is 15.7. The van der Waals surface area contributed by atoms with E-state index in [2.05, 4.69) is 21.2 Å². The molecule has 1 aliphatic rings. The third-order valence-electron chi connectivity index (χ3n) is 4.29. The molecular weight excluding hydrogens is 267 g/mol. The summed E-state index contributed by atoms with van der Waals surface area (Å²) >= 11 is 0. The van der Waals surface area contributed by atoms with Crippen LogP contribution in [0.2, 0.25) is 0 Å². The molecule has 1 aliphatic heterocycles. The van der Waals surface area contributed by atoms with Crippen molar-refractivity contribution in [2.45, 2.75) is 18.9 Å². The molecule has 1 aromatic carbocycles. The third kappa shape index (κ3) is 3.93. The summed E-state index contributed by atoms with van der Waals surface area (Å²) in [7, 11) is 1.82. The number of halogens is 1. The van der Waals surface area contributed by atoms with Crippen LogP contribution in [-0.4, -0.2) is 50.2 Å². The van der Waals surface area contributed by atoms with Crippen LogP contribution < -0.4 is 10.2 Å². The van der Waals surface area contributed by atoms with Crippen molar-refractivity contribution in [3.05, 3.63) is 30.1 Å². The van der Waals surface area contributed by atoms with Gasteiger partial charge >= 0.3 is 0 Å². The second-order valence-corrected chi connectivity index (χ2v) is 5.72. The molecule has 0 bridgehead atoms. The highest BCUT2D eigenvalue weighted by Crippen LogP contribution is 2.20. The average Bonchev–Trinajstić information content (AvgIpc) is 2.54. The molecule has 1 heterocycles. The highest BCUT2D eigenvalue weighted by Gasteiger charge is 2.24. The van der Waals surface area contributed by atoms with Gasteiger partial charge in [-0.15, -0.1) is 0 Å². The highest BCUT2D eigenvalue weighted by molar-refractivity contribution is 5.47. The lowest BCUT2D eigenvalue weighted by atomic mass is 10.00. The van der Waals surface area contributed by atoms with Crippen LogP contribution in [0.1, 0.15) is 13.3 Å². The van der Waals surface area contributed by atoms with Gasteiger partial charge in [-0.2, -0.15) is 5.26 Å². The fourth-order valence-corrected chi connectivity index (χ4v) is 2.54. The molecule has 0 aliphatic carbocycles. The van der Waals surface area contributed by atoms with Crippen LogP contribution in [0, 0.1) is 17.1 Å². The summed E-state index contributed by atoms with van der Waals surface area (Å²) in [5.41, 5.74) is 0.220. The Morgan fingerprint density at radius 1 is 1.29 bits per heavy atom. The second-order valence-electron chi connectivity index (χ2n) is 5.72. The molecule has 1 atom stereocenters. The lowest BCUT2D eigenvalue weighted by Crippen LogP contribution is -2.49. The molecule has 114 valence electrons. The zero-order valence-electron chi connectivity index (χ0n) is 12.8. The number of nitrogens with one attached hydrogen (secondary N) is 1. The monoisotopic (exact) mass is 290 g/mol. The van der Waals surface area contributed by atoms with E-state index in [1.54, 1.807) is 6.07 Å². The quantitative estimate of drug-likeness (QED) is 0.898. The van der Waals surface area contributed by atoms with E-state index in [0.29, 0.717) is 5.69 Å². The van der Waals surface area contributed by atoms with Crippen LogP contribution in [0.4, 0.5) is 10.1 Å².